The van der Waals surface area contributed by atoms with Crippen molar-refractivity contribution in [3.8, 4) is 0 Å². The molecule has 5 heteroatoms. The minimum Gasteiger partial charge on any atom is -0.440 e. The predicted octanol–water partition coefficient (Wildman–Crippen LogP) is 4.20. The number of hydrogen-bond donors (Lipinski definition) is 0. The average Bonchev–Trinajstić information content (AvgIpc) is 3.17. The number of piperidine rings is 1. The smallest absolute Gasteiger partial charge is 0.223 e. The highest BCUT2D eigenvalue weighted by atomic mass is 16.3. The monoisotopic (exact) mass is 362 g/mol. The summed E-state index contributed by atoms with van der Waals surface area (Å²) >= 11 is 0. The van der Waals surface area contributed by atoms with Crippen molar-refractivity contribution in [1.82, 2.24) is 9.88 Å². The zero-order chi connectivity index (χ0) is 18.6. The van der Waals surface area contributed by atoms with E-state index in [9.17, 15) is 9.59 Å². The zero-order valence-electron chi connectivity index (χ0n) is 15.1. The third-order valence-electron chi connectivity index (χ3n) is 5.17. The van der Waals surface area contributed by atoms with Gasteiger partial charge in [-0.15, -0.1) is 0 Å². The molecule has 1 aromatic heterocycles. The highest BCUT2D eigenvalue weighted by Gasteiger charge is 2.27. The van der Waals surface area contributed by atoms with E-state index in [1.807, 2.05) is 47.4 Å². The van der Waals surface area contributed by atoms with Crippen LogP contribution in [0, 0.1) is 0 Å². The number of ketones is 1. The van der Waals surface area contributed by atoms with Crippen molar-refractivity contribution in [2.75, 3.05) is 13.1 Å². The zero-order valence-corrected chi connectivity index (χ0v) is 15.1. The molecule has 1 saturated heterocycles. The van der Waals surface area contributed by atoms with Gasteiger partial charge in [0.05, 0.1) is 0 Å². The molecule has 138 valence electrons. The van der Waals surface area contributed by atoms with Gasteiger partial charge in [0.15, 0.2) is 17.3 Å². The number of amides is 1. The largest absolute Gasteiger partial charge is 0.440 e. The second-order valence-electron chi connectivity index (χ2n) is 6.96. The third-order valence-corrected chi connectivity index (χ3v) is 5.17. The lowest BCUT2D eigenvalue weighted by molar-refractivity contribution is -0.132. The van der Waals surface area contributed by atoms with Crippen molar-refractivity contribution >= 4 is 22.8 Å². The quantitative estimate of drug-likeness (QED) is 0.638. The molecule has 1 aliphatic heterocycles. The molecule has 0 aliphatic carbocycles. The number of hydrogen-bond acceptors (Lipinski definition) is 4. The molecule has 1 fully saturated rings. The fourth-order valence-electron chi connectivity index (χ4n) is 3.59. The van der Waals surface area contributed by atoms with Crippen LogP contribution >= 0.6 is 0 Å². The van der Waals surface area contributed by atoms with Crippen LogP contribution in [-0.4, -0.2) is 34.7 Å². The van der Waals surface area contributed by atoms with Gasteiger partial charge in [0.25, 0.3) is 0 Å². The molecule has 1 aliphatic rings. The second-order valence-corrected chi connectivity index (χ2v) is 6.96. The highest BCUT2D eigenvalue weighted by Crippen LogP contribution is 2.30. The lowest BCUT2D eigenvalue weighted by atomic mass is 9.96. The minimum atomic E-state index is 0.0188. The molecule has 27 heavy (non-hydrogen) atoms. The first kappa shape index (κ1) is 17.5. The van der Waals surface area contributed by atoms with Gasteiger partial charge < -0.3 is 9.32 Å². The fourth-order valence-corrected chi connectivity index (χ4v) is 3.59. The molecule has 0 bridgehead atoms. The van der Waals surface area contributed by atoms with Gasteiger partial charge in [-0.25, -0.2) is 4.98 Å². The summed E-state index contributed by atoms with van der Waals surface area (Å²) in [4.78, 5) is 31.1. The van der Waals surface area contributed by atoms with Crippen molar-refractivity contribution in [2.24, 2.45) is 0 Å². The van der Waals surface area contributed by atoms with Crippen molar-refractivity contribution in [3.05, 3.63) is 66.1 Å². The first-order valence-electron chi connectivity index (χ1n) is 9.42. The first-order valence-corrected chi connectivity index (χ1v) is 9.42. The molecule has 0 spiro atoms. The molecule has 0 saturated carbocycles. The Hall–Kier alpha value is -2.95. The summed E-state index contributed by atoms with van der Waals surface area (Å²) in [6.07, 6.45) is 2.20. The lowest BCUT2D eigenvalue weighted by Gasteiger charge is -2.30. The summed E-state index contributed by atoms with van der Waals surface area (Å²) < 4.78 is 5.87. The summed E-state index contributed by atoms with van der Waals surface area (Å²) in [5.41, 5.74) is 2.36. The van der Waals surface area contributed by atoms with Crippen LogP contribution in [0.4, 0.5) is 0 Å². The lowest BCUT2D eigenvalue weighted by Crippen LogP contribution is -2.38. The van der Waals surface area contributed by atoms with E-state index in [2.05, 4.69) is 4.98 Å². The summed E-state index contributed by atoms with van der Waals surface area (Å²) in [6.45, 7) is 1.36. The molecule has 0 radical (unpaired) electrons. The number of carbonyl (C=O) groups excluding carboxylic acids is 2. The molecule has 0 atom stereocenters. The van der Waals surface area contributed by atoms with Gasteiger partial charge in [-0.1, -0.05) is 42.5 Å². The molecule has 0 unspecified atom stereocenters. The predicted molar refractivity (Wildman–Crippen MR) is 103 cm³/mol. The number of benzene rings is 2. The van der Waals surface area contributed by atoms with Gasteiger partial charge in [0.1, 0.15) is 5.52 Å². The maximum absolute atomic E-state index is 12.5. The van der Waals surface area contributed by atoms with Crippen LogP contribution in [0.15, 0.2) is 59.0 Å². The molecule has 1 amide bonds. The summed E-state index contributed by atoms with van der Waals surface area (Å²) in [7, 11) is 0. The molecule has 3 aromatic rings. The standard InChI is InChI=1S/C22H22N2O3/c25-19(16-6-2-1-3-7-16)10-11-21(26)24-14-12-17(13-15-24)22-23-18-8-4-5-9-20(18)27-22/h1-9,17H,10-15H2. The van der Waals surface area contributed by atoms with E-state index in [1.54, 1.807) is 12.1 Å². The van der Waals surface area contributed by atoms with Gasteiger partial charge >= 0.3 is 0 Å². The number of nitrogens with zero attached hydrogens (tertiary/aromatic N) is 2. The molecule has 4 rings (SSSR count). The van der Waals surface area contributed by atoms with Gasteiger partial charge in [-0.2, -0.15) is 0 Å². The maximum atomic E-state index is 12.5. The van der Waals surface area contributed by atoms with Crippen molar-refractivity contribution in [3.63, 3.8) is 0 Å². The Morgan fingerprint density at radius 1 is 0.963 bits per heavy atom. The van der Waals surface area contributed by atoms with E-state index in [0.29, 0.717) is 18.7 Å². The Bertz CT molecular complexity index is 907. The Kier molecular flexibility index (Phi) is 5.01. The Balaban J connectivity index is 1.29. The first-order chi connectivity index (χ1) is 13.2. The molecule has 0 N–H and O–H groups in total. The molecular formula is C22H22N2O3. The van der Waals surface area contributed by atoms with E-state index in [4.69, 9.17) is 4.42 Å². The van der Waals surface area contributed by atoms with E-state index in [-0.39, 0.29) is 30.4 Å². The second kappa shape index (κ2) is 7.74. The van der Waals surface area contributed by atoms with Crippen LogP contribution in [0.3, 0.4) is 0 Å². The summed E-state index contributed by atoms with van der Waals surface area (Å²) in [5, 5.41) is 0. The van der Waals surface area contributed by atoms with E-state index in [0.717, 1.165) is 29.8 Å². The van der Waals surface area contributed by atoms with Crippen LogP contribution in [0.2, 0.25) is 0 Å². The van der Waals surface area contributed by atoms with E-state index in [1.165, 1.54) is 0 Å². The number of Topliss-reactive ketones (excluding diaryl/α,β-unsaturated/α-hetero) is 1. The minimum absolute atomic E-state index is 0.0188. The average molecular weight is 362 g/mol. The number of oxazole rings is 1. The van der Waals surface area contributed by atoms with Crippen molar-refractivity contribution in [1.29, 1.82) is 0 Å². The Morgan fingerprint density at radius 3 is 2.41 bits per heavy atom. The topological polar surface area (TPSA) is 63.4 Å². The number of aromatic nitrogens is 1. The maximum Gasteiger partial charge on any atom is 0.223 e. The number of carbonyl (C=O) groups is 2. The van der Waals surface area contributed by atoms with Gasteiger partial charge in [-0.3, -0.25) is 9.59 Å². The van der Waals surface area contributed by atoms with Crippen molar-refractivity contribution in [2.45, 2.75) is 31.6 Å². The third kappa shape index (κ3) is 3.92. The number of rotatable bonds is 5. The van der Waals surface area contributed by atoms with Crippen molar-refractivity contribution < 1.29 is 14.0 Å². The van der Waals surface area contributed by atoms with Crippen LogP contribution < -0.4 is 0 Å². The van der Waals surface area contributed by atoms with E-state index >= 15 is 0 Å². The van der Waals surface area contributed by atoms with Crippen LogP contribution in [0.1, 0.15) is 47.8 Å². The number of para-hydroxylation sites is 2. The van der Waals surface area contributed by atoms with Crippen LogP contribution in [0.5, 0.6) is 0 Å². The highest BCUT2D eigenvalue weighted by molar-refractivity contribution is 5.97. The SMILES string of the molecule is O=C(CCC(=O)N1CCC(c2nc3ccccc3o2)CC1)c1ccccc1. The fraction of sp³-hybridized carbons (Fsp3) is 0.318. The van der Waals surface area contributed by atoms with Crippen LogP contribution in [0.25, 0.3) is 11.1 Å². The number of fused-ring (bicyclic) bond motifs is 1. The molecule has 2 aromatic carbocycles. The summed E-state index contributed by atoms with van der Waals surface area (Å²) in [6, 6.07) is 16.9. The number of likely N-dealkylation sites (tertiary alicyclic amines) is 1. The summed E-state index contributed by atoms with van der Waals surface area (Å²) in [5.74, 6) is 1.08. The van der Waals surface area contributed by atoms with Gasteiger partial charge in [0.2, 0.25) is 5.91 Å². The van der Waals surface area contributed by atoms with E-state index < -0.39 is 0 Å². The van der Waals surface area contributed by atoms with Gasteiger partial charge in [0, 0.05) is 37.4 Å². The molecule has 2 heterocycles. The van der Waals surface area contributed by atoms with Crippen LogP contribution in [-0.2, 0) is 4.79 Å². The molecular weight excluding hydrogens is 340 g/mol. The van der Waals surface area contributed by atoms with Gasteiger partial charge in [-0.05, 0) is 25.0 Å². The molecule has 5 nitrogen and oxygen atoms in total. The Labute approximate surface area is 158 Å². The normalized spacial score (nSPS) is 15.2. The Morgan fingerprint density at radius 2 is 1.67 bits per heavy atom.